The van der Waals surface area contributed by atoms with Crippen molar-refractivity contribution in [3.8, 4) is 5.75 Å². The Balaban J connectivity index is 2.32. The van der Waals surface area contributed by atoms with Gasteiger partial charge in [0, 0.05) is 19.2 Å². The number of halogens is 1. The Hall–Kier alpha value is -1.50. The zero-order chi connectivity index (χ0) is 14.7. The summed E-state index contributed by atoms with van der Waals surface area (Å²) in [6.45, 7) is 1.51. The summed E-state index contributed by atoms with van der Waals surface area (Å²) in [5.41, 5.74) is 0.241. The van der Waals surface area contributed by atoms with Crippen molar-refractivity contribution in [2.24, 2.45) is 5.92 Å². The lowest BCUT2D eigenvalue weighted by molar-refractivity contribution is -0.384. The van der Waals surface area contributed by atoms with E-state index in [9.17, 15) is 14.5 Å². The van der Waals surface area contributed by atoms with Gasteiger partial charge in [0.2, 0.25) is 0 Å². The van der Waals surface area contributed by atoms with Gasteiger partial charge in [0.05, 0.1) is 18.1 Å². The predicted octanol–water partition coefficient (Wildman–Crippen LogP) is 2.93. The molecule has 1 unspecified atom stereocenters. The van der Waals surface area contributed by atoms with Crippen LogP contribution in [0.25, 0.3) is 0 Å². The number of nitro benzene ring substituents is 1. The topological polar surface area (TPSA) is 55.6 Å². The van der Waals surface area contributed by atoms with Crippen LogP contribution in [0, 0.1) is 21.8 Å². The first-order valence-corrected chi connectivity index (χ1v) is 7.72. The Morgan fingerprint density at radius 1 is 1.60 bits per heavy atom. The van der Waals surface area contributed by atoms with E-state index in [0.717, 1.165) is 31.3 Å². The van der Waals surface area contributed by atoms with Gasteiger partial charge in [-0.05, 0) is 24.3 Å². The van der Waals surface area contributed by atoms with Gasteiger partial charge in [0.25, 0.3) is 5.69 Å². The van der Waals surface area contributed by atoms with E-state index < -0.39 is 10.7 Å². The van der Waals surface area contributed by atoms with Gasteiger partial charge in [0.15, 0.2) is 11.6 Å². The first-order valence-electron chi connectivity index (χ1n) is 6.32. The molecule has 110 valence electrons. The molecule has 1 saturated heterocycles. The molecular formula is C13H17FN2O3S. The van der Waals surface area contributed by atoms with E-state index in [1.807, 2.05) is 11.2 Å². The van der Waals surface area contributed by atoms with Crippen LogP contribution in [0.2, 0.25) is 0 Å². The summed E-state index contributed by atoms with van der Waals surface area (Å²) < 4.78 is 18.5. The molecule has 1 aromatic rings. The molecule has 0 spiro atoms. The number of anilines is 1. The van der Waals surface area contributed by atoms with Crippen molar-refractivity contribution in [3.05, 3.63) is 28.1 Å². The lowest BCUT2D eigenvalue weighted by Gasteiger charge is -2.19. The third kappa shape index (κ3) is 2.98. The molecule has 0 N–H and O–H groups in total. The monoisotopic (exact) mass is 300 g/mol. The standard InChI is InChI=1S/C13H17FN2O3S/c1-19-13-6-11(12(16(17)18)5-10(13)14)15-4-3-9(7-15)8-20-2/h5-6,9H,3-4,7-8H2,1-2H3. The molecular weight excluding hydrogens is 283 g/mol. The van der Waals surface area contributed by atoms with E-state index in [0.29, 0.717) is 11.6 Å². The van der Waals surface area contributed by atoms with Gasteiger partial charge in [-0.2, -0.15) is 11.8 Å². The molecule has 0 amide bonds. The fourth-order valence-electron chi connectivity index (χ4n) is 2.51. The highest BCUT2D eigenvalue weighted by Gasteiger charge is 2.29. The number of benzene rings is 1. The lowest BCUT2D eigenvalue weighted by atomic mass is 10.1. The number of ether oxygens (including phenoxy) is 1. The van der Waals surface area contributed by atoms with Gasteiger partial charge < -0.3 is 9.64 Å². The van der Waals surface area contributed by atoms with Crippen molar-refractivity contribution < 1.29 is 14.1 Å². The number of rotatable bonds is 5. The average Bonchev–Trinajstić information content (AvgIpc) is 2.87. The molecule has 1 atom stereocenters. The first kappa shape index (κ1) is 14.9. The summed E-state index contributed by atoms with van der Waals surface area (Å²) in [5.74, 6) is 0.880. The van der Waals surface area contributed by atoms with Crippen LogP contribution in [0.3, 0.4) is 0 Å². The first-order chi connectivity index (χ1) is 9.56. The molecule has 20 heavy (non-hydrogen) atoms. The molecule has 0 bridgehead atoms. The fraction of sp³-hybridized carbons (Fsp3) is 0.538. The molecule has 0 radical (unpaired) electrons. The number of methoxy groups -OCH3 is 1. The Labute approximate surface area is 121 Å². The number of hydrogen-bond donors (Lipinski definition) is 0. The van der Waals surface area contributed by atoms with Crippen molar-refractivity contribution in [2.75, 3.05) is 37.1 Å². The maximum atomic E-state index is 13.6. The summed E-state index contributed by atoms with van der Waals surface area (Å²) in [4.78, 5) is 12.5. The molecule has 0 aliphatic carbocycles. The van der Waals surface area contributed by atoms with Crippen molar-refractivity contribution in [1.82, 2.24) is 0 Å². The molecule has 1 aromatic carbocycles. The summed E-state index contributed by atoms with van der Waals surface area (Å²) >= 11 is 1.77. The number of nitro groups is 1. The third-order valence-electron chi connectivity index (χ3n) is 3.47. The SMILES string of the molecule is COc1cc(N2CCC(CSC)C2)c([N+](=O)[O-])cc1F. The van der Waals surface area contributed by atoms with E-state index in [1.165, 1.54) is 13.2 Å². The van der Waals surface area contributed by atoms with Gasteiger partial charge >= 0.3 is 0 Å². The molecule has 7 heteroatoms. The highest BCUT2D eigenvalue weighted by Crippen LogP contribution is 2.37. The normalized spacial score (nSPS) is 18.4. The molecule has 0 aromatic heterocycles. The zero-order valence-electron chi connectivity index (χ0n) is 11.5. The minimum atomic E-state index is -0.706. The highest BCUT2D eigenvalue weighted by molar-refractivity contribution is 7.98. The second kappa shape index (κ2) is 6.30. The van der Waals surface area contributed by atoms with Gasteiger partial charge in [0.1, 0.15) is 5.69 Å². The Bertz CT molecular complexity index is 513. The predicted molar refractivity (Wildman–Crippen MR) is 78.3 cm³/mol. The summed E-state index contributed by atoms with van der Waals surface area (Å²) in [5, 5.41) is 11.1. The second-order valence-electron chi connectivity index (χ2n) is 4.79. The highest BCUT2D eigenvalue weighted by atomic mass is 32.2. The van der Waals surface area contributed by atoms with Crippen LogP contribution >= 0.6 is 11.8 Å². The lowest BCUT2D eigenvalue weighted by Crippen LogP contribution is -2.21. The van der Waals surface area contributed by atoms with Crippen LogP contribution in [-0.4, -0.2) is 37.1 Å². The average molecular weight is 300 g/mol. The Morgan fingerprint density at radius 3 is 2.95 bits per heavy atom. The number of nitrogens with zero attached hydrogens (tertiary/aromatic N) is 2. The van der Waals surface area contributed by atoms with E-state index in [2.05, 4.69) is 0 Å². The number of thioether (sulfide) groups is 1. The van der Waals surface area contributed by atoms with Gasteiger partial charge in [-0.3, -0.25) is 10.1 Å². The van der Waals surface area contributed by atoms with Crippen LogP contribution in [0.15, 0.2) is 12.1 Å². The van der Waals surface area contributed by atoms with Crippen molar-refractivity contribution >= 4 is 23.1 Å². The van der Waals surface area contributed by atoms with Crippen LogP contribution in [0.4, 0.5) is 15.8 Å². The van der Waals surface area contributed by atoms with Crippen LogP contribution in [-0.2, 0) is 0 Å². The maximum Gasteiger partial charge on any atom is 0.295 e. The summed E-state index contributed by atoms with van der Waals surface area (Å²) in [7, 11) is 1.36. The molecule has 1 fully saturated rings. The second-order valence-corrected chi connectivity index (χ2v) is 5.70. The maximum absolute atomic E-state index is 13.6. The number of hydrogen-bond acceptors (Lipinski definition) is 5. The van der Waals surface area contributed by atoms with Gasteiger partial charge in [-0.25, -0.2) is 4.39 Å². The van der Waals surface area contributed by atoms with Crippen LogP contribution < -0.4 is 9.64 Å². The minimum Gasteiger partial charge on any atom is -0.494 e. The molecule has 5 nitrogen and oxygen atoms in total. The van der Waals surface area contributed by atoms with Gasteiger partial charge in [-0.15, -0.1) is 0 Å². The Kier molecular flexibility index (Phi) is 4.69. The smallest absolute Gasteiger partial charge is 0.295 e. The van der Waals surface area contributed by atoms with Gasteiger partial charge in [-0.1, -0.05) is 0 Å². The molecule has 1 heterocycles. The quantitative estimate of drug-likeness (QED) is 0.618. The molecule has 1 aliphatic heterocycles. The van der Waals surface area contributed by atoms with Crippen molar-refractivity contribution in [3.63, 3.8) is 0 Å². The largest absolute Gasteiger partial charge is 0.494 e. The van der Waals surface area contributed by atoms with E-state index >= 15 is 0 Å². The zero-order valence-corrected chi connectivity index (χ0v) is 12.3. The minimum absolute atomic E-state index is 0.0407. The molecule has 0 saturated carbocycles. The third-order valence-corrected chi connectivity index (χ3v) is 4.28. The molecule has 2 rings (SSSR count). The van der Waals surface area contributed by atoms with E-state index in [-0.39, 0.29) is 11.4 Å². The van der Waals surface area contributed by atoms with E-state index in [1.54, 1.807) is 11.8 Å². The van der Waals surface area contributed by atoms with Crippen molar-refractivity contribution in [1.29, 1.82) is 0 Å². The fourth-order valence-corrected chi connectivity index (χ4v) is 3.25. The molecule has 1 aliphatic rings. The van der Waals surface area contributed by atoms with Crippen LogP contribution in [0.5, 0.6) is 5.75 Å². The summed E-state index contributed by atoms with van der Waals surface area (Å²) in [6, 6.07) is 2.37. The Morgan fingerprint density at radius 2 is 2.35 bits per heavy atom. The van der Waals surface area contributed by atoms with Crippen LogP contribution in [0.1, 0.15) is 6.42 Å². The summed E-state index contributed by atoms with van der Waals surface area (Å²) in [6.07, 6.45) is 3.05. The van der Waals surface area contributed by atoms with E-state index in [4.69, 9.17) is 4.74 Å². The van der Waals surface area contributed by atoms with Crippen molar-refractivity contribution in [2.45, 2.75) is 6.42 Å².